The van der Waals surface area contributed by atoms with Gasteiger partial charge in [0.15, 0.2) is 5.78 Å². The van der Waals surface area contributed by atoms with Gasteiger partial charge in [0.25, 0.3) is 0 Å². The zero-order valence-corrected chi connectivity index (χ0v) is 10.4. The van der Waals surface area contributed by atoms with E-state index in [9.17, 15) is 14.3 Å². The van der Waals surface area contributed by atoms with E-state index >= 15 is 0 Å². The molecule has 0 aliphatic heterocycles. The number of benzene rings is 1. The molecule has 0 unspecified atom stereocenters. The molecule has 0 aromatic heterocycles. The van der Waals surface area contributed by atoms with Crippen LogP contribution in [0.25, 0.3) is 0 Å². The lowest BCUT2D eigenvalue weighted by Gasteiger charge is -2.28. The highest BCUT2D eigenvalue weighted by atomic mass is 19.1. The summed E-state index contributed by atoms with van der Waals surface area (Å²) in [6.07, 6.45) is 2.74. The highest BCUT2D eigenvalue weighted by Gasteiger charge is 2.24. The van der Waals surface area contributed by atoms with Gasteiger partial charge in [-0.15, -0.1) is 0 Å². The van der Waals surface area contributed by atoms with Crippen LogP contribution in [0, 0.1) is 5.82 Å². The van der Waals surface area contributed by atoms with Crippen LogP contribution in [-0.4, -0.2) is 23.1 Å². The van der Waals surface area contributed by atoms with E-state index in [0.717, 1.165) is 25.7 Å². The second-order valence-electron chi connectivity index (χ2n) is 4.71. The zero-order chi connectivity index (χ0) is 13.1. The maximum atomic E-state index is 13.6. The molecule has 1 aromatic carbocycles. The van der Waals surface area contributed by atoms with E-state index in [-0.39, 0.29) is 17.5 Å². The Morgan fingerprint density at radius 3 is 2.72 bits per heavy atom. The molecule has 98 valence electrons. The topological polar surface area (TPSA) is 46.5 Å². The van der Waals surface area contributed by atoms with Gasteiger partial charge in [0.1, 0.15) is 17.7 Å². The Bertz CT molecular complexity index is 445. The van der Waals surface area contributed by atoms with E-state index in [1.807, 2.05) is 0 Å². The summed E-state index contributed by atoms with van der Waals surface area (Å²) in [5, 5.41) is 9.77. The molecule has 1 aliphatic carbocycles. The molecule has 3 nitrogen and oxygen atoms in total. The summed E-state index contributed by atoms with van der Waals surface area (Å²) < 4.78 is 19.2. The van der Waals surface area contributed by atoms with E-state index in [1.54, 1.807) is 6.07 Å². The number of aliphatic hydroxyl groups is 1. The molecule has 18 heavy (non-hydrogen) atoms. The van der Waals surface area contributed by atoms with Crippen molar-refractivity contribution in [2.45, 2.75) is 44.8 Å². The molecule has 0 saturated heterocycles. The summed E-state index contributed by atoms with van der Waals surface area (Å²) in [7, 11) is 0. The van der Waals surface area contributed by atoms with E-state index in [0.29, 0.717) is 5.75 Å². The van der Waals surface area contributed by atoms with Gasteiger partial charge in [0, 0.05) is 6.07 Å². The van der Waals surface area contributed by atoms with Crippen LogP contribution in [0.1, 0.15) is 43.0 Å². The standard InChI is InChI=1S/C14H17FO3/c1-9(16)11-7-6-10(8-12(11)15)18-14-5-3-2-4-13(14)17/h6-8,13-14,17H,2-5H2,1H3/t13-,14-/m1/s1. The van der Waals surface area contributed by atoms with E-state index in [4.69, 9.17) is 4.74 Å². The SMILES string of the molecule is CC(=O)c1ccc(O[C@@H]2CCCC[C@H]2O)cc1F. The number of carbonyl (C=O) groups excluding carboxylic acids is 1. The number of halogens is 1. The lowest BCUT2D eigenvalue weighted by Crippen LogP contribution is -2.34. The summed E-state index contributed by atoms with van der Waals surface area (Å²) in [4.78, 5) is 11.1. The van der Waals surface area contributed by atoms with Crippen LogP contribution in [0.2, 0.25) is 0 Å². The third-order valence-electron chi connectivity index (χ3n) is 3.27. The molecule has 0 bridgehead atoms. The summed E-state index contributed by atoms with van der Waals surface area (Å²) in [5.74, 6) is -0.523. The van der Waals surface area contributed by atoms with Gasteiger partial charge >= 0.3 is 0 Å². The third kappa shape index (κ3) is 2.88. The van der Waals surface area contributed by atoms with Crippen LogP contribution in [0.15, 0.2) is 18.2 Å². The fourth-order valence-corrected chi connectivity index (χ4v) is 2.24. The molecule has 1 aromatic rings. The molecular formula is C14H17FO3. The van der Waals surface area contributed by atoms with Crippen LogP contribution < -0.4 is 4.74 Å². The minimum Gasteiger partial charge on any atom is -0.488 e. The molecule has 2 atom stereocenters. The maximum Gasteiger partial charge on any atom is 0.162 e. The molecule has 0 radical (unpaired) electrons. The predicted molar refractivity (Wildman–Crippen MR) is 65.3 cm³/mol. The number of aliphatic hydroxyl groups excluding tert-OH is 1. The number of rotatable bonds is 3. The van der Waals surface area contributed by atoms with Gasteiger partial charge in [-0.2, -0.15) is 0 Å². The van der Waals surface area contributed by atoms with Crippen molar-refractivity contribution in [1.82, 2.24) is 0 Å². The minimum absolute atomic E-state index is 0.0616. The highest BCUT2D eigenvalue weighted by Crippen LogP contribution is 2.25. The van der Waals surface area contributed by atoms with Gasteiger partial charge in [0.2, 0.25) is 0 Å². The molecular weight excluding hydrogens is 235 g/mol. The summed E-state index contributed by atoms with van der Waals surface area (Å²) in [6.45, 7) is 1.32. The quantitative estimate of drug-likeness (QED) is 0.841. The normalized spacial score (nSPS) is 23.7. The van der Waals surface area contributed by atoms with Crippen molar-refractivity contribution < 1.29 is 19.0 Å². The largest absolute Gasteiger partial charge is 0.488 e. The predicted octanol–water partition coefficient (Wildman–Crippen LogP) is 2.71. The Kier molecular flexibility index (Phi) is 3.97. The van der Waals surface area contributed by atoms with E-state index < -0.39 is 11.9 Å². The highest BCUT2D eigenvalue weighted by molar-refractivity contribution is 5.94. The first kappa shape index (κ1) is 13.0. The average Bonchev–Trinajstić information content (AvgIpc) is 2.32. The number of hydrogen-bond donors (Lipinski definition) is 1. The number of ketones is 1. The molecule has 0 heterocycles. The Balaban J connectivity index is 2.10. The molecule has 0 amide bonds. The second kappa shape index (κ2) is 5.48. The number of carbonyl (C=O) groups is 1. The lowest BCUT2D eigenvalue weighted by atomic mass is 9.95. The molecule has 1 fully saturated rings. The number of Topliss-reactive ketones (excluding diaryl/α,β-unsaturated/α-hetero) is 1. The van der Waals surface area contributed by atoms with Gasteiger partial charge < -0.3 is 9.84 Å². The minimum atomic E-state index is -0.578. The van der Waals surface area contributed by atoms with Crippen molar-refractivity contribution in [3.05, 3.63) is 29.6 Å². The smallest absolute Gasteiger partial charge is 0.162 e. The summed E-state index contributed by atoms with van der Waals surface area (Å²) in [6, 6.07) is 4.20. The van der Waals surface area contributed by atoms with Crippen LogP contribution in [0.4, 0.5) is 4.39 Å². The van der Waals surface area contributed by atoms with Crippen molar-refractivity contribution >= 4 is 5.78 Å². The van der Waals surface area contributed by atoms with Gasteiger partial charge in [-0.05, 0) is 38.3 Å². The Labute approximate surface area is 106 Å². The van der Waals surface area contributed by atoms with Crippen LogP contribution >= 0.6 is 0 Å². The Morgan fingerprint density at radius 2 is 2.11 bits per heavy atom. The van der Waals surface area contributed by atoms with E-state index in [1.165, 1.54) is 19.1 Å². The second-order valence-corrected chi connectivity index (χ2v) is 4.71. The third-order valence-corrected chi connectivity index (χ3v) is 3.27. The Hall–Kier alpha value is -1.42. The molecule has 4 heteroatoms. The first-order valence-corrected chi connectivity index (χ1v) is 6.23. The Morgan fingerprint density at radius 1 is 1.39 bits per heavy atom. The summed E-state index contributed by atoms with van der Waals surface area (Å²) in [5.41, 5.74) is 0.0616. The molecule has 2 rings (SSSR count). The van der Waals surface area contributed by atoms with Gasteiger partial charge in [-0.1, -0.05) is 6.42 Å². The van der Waals surface area contributed by atoms with Crippen molar-refractivity contribution in [1.29, 1.82) is 0 Å². The first-order chi connectivity index (χ1) is 8.58. The van der Waals surface area contributed by atoms with Crippen molar-refractivity contribution in [2.75, 3.05) is 0 Å². The number of hydrogen-bond acceptors (Lipinski definition) is 3. The van der Waals surface area contributed by atoms with Crippen LogP contribution in [0.5, 0.6) is 5.75 Å². The molecule has 0 spiro atoms. The first-order valence-electron chi connectivity index (χ1n) is 6.23. The van der Waals surface area contributed by atoms with Gasteiger partial charge in [-0.3, -0.25) is 4.79 Å². The monoisotopic (exact) mass is 252 g/mol. The maximum absolute atomic E-state index is 13.6. The van der Waals surface area contributed by atoms with Crippen molar-refractivity contribution in [2.24, 2.45) is 0 Å². The van der Waals surface area contributed by atoms with Crippen molar-refractivity contribution in [3.8, 4) is 5.75 Å². The molecule has 1 aliphatic rings. The fourth-order valence-electron chi connectivity index (χ4n) is 2.24. The summed E-state index contributed by atoms with van der Waals surface area (Å²) >= 11 is 0. The van der Waals surface area contributed by atoms with E-state index in [2.05, 4.69) is 0 Å². The molecule has 1 saturated carbocycles. The van der Waals surface area contributed by atoms with Crippen molar-refractivity contribution in [3.63, 3.8) is 0 Å². The fraction of sp³-hybridized carbons (Fsp3) is 0.500. The van der Waals surface area contributed by atoms with Gasteiger partial charge in [0.05, 0.1) is 11.7 Å². The average molecular weight is 252 g/mol. The molecule has 1 N–H and O–H groups in total. The number of ether oxygens (including phenoxy) is 1. The van der Waals surface area contributed by atoms with Crippen LogP contribution in [0.3, 0.4) is 0 Å². The van der Waals surface area contributed by atoms with Gasteiger partial charge in [-0.25, -0.2) is 4.39 Å². The van der Waals surface area contributed by atoms with Crippen LogP contribution in [-0.2, 0) is 0 Å². The lowest BCUT2D eigenvalue weighted by molar-refractivity contribution is 0.00671. The zero-order valence-electron chi connectivity index (χ0n) is 10.4.